The van der Waals surface area contributed by atoms with E-state index in [1.54, 1.807) is 10.9 Å². The molecule has 0 radical (unpaired) electrons. The Morgan fingerprint density at radius 1 is 1.19 bits per heavy atom. The van der Waals surface area contributed by atoms with E-state index in [0.717, 1.165) is 21.7 Å². The molecule has 3 rings (SSSR count). The summed E-state index contributed by atoms with van der Waals surface area (Å²) in [7, 11) is 0. The minimum absolute atomic E-state index is 0.710. The number of anilines is 1. The third-order valence-corrected chi connectivity index (χ3v) is 3.51. The van der Waals surface area contributed by atoms with Crippen LogP contribution in [-0.2, 0) is 6.54 Å². The van der Waals surface area contributed by atoms with Crippen molar-refractivity contribution in [2.45, 2.75) is 13.5 Å². The van der Waals surface area contributed by atoms with Crippen LogP contribution in [-0.4, -0.2) is 19.7 Å². The van der Waals surface area contributed by atoms with Gasteiger partial charge in [-0.3, -0.25) is 0 Å². The van der Waals surface area contributed by atoms with Gasteiger partial charge in [0, 0.05) is 23.3 Å². The van der Waals surface area contributed by atoms with Crippen molar-refractivity contribution in [3.63, 3.8) is 0 Å². The van der Waals surface area contributed by atoms with Crippen LogP contribution < -0.4 is 5.32 Å². The maximum Gasteiger partial charge on any atom is 0.158 e. The van der Waals surface area contributed by atoms with Crippen molar-refractivity contribution in [2.24, 2.45) is 0 Å². The van der Waals surface area contributed by atoms with Crippen molar-refractivity contribution in [2.75, 3.05) is 5.32 Å². The molecular formula is C15H14BrN5. The lowest BCUT2D eigenvalue weighted by Gasteiger charge is -2.07. The van der Waals surface area contributed by atoms with Crippen LogP contribution in [0.25, 0.3) is 5.82 Å². The Balaban J connectivity index is 1.73. The second-order valence-corrected chi connectivity index (χ2v) is 5.62. The van der Waals surface area contributed by atoms with E-state index >= 15 is 0 Å². The first-order valence-corrected chi connectivity index (χ1v) is 7.32. The highest BCUT2D eigenvalue weighted by Gasteiger charge is 2.02. The van der Waals surface area contributed by atoms with Gasteiger partial charge in [-0.05, 0) is 30.2 Å². The summed E-state index contributed by atoms with van der Waals surface area (Å²) in [6.45, 7) is 2.71. The van der Waals surface area contributed by atoms with Crippen LogP contribution in [0.4, 0.5) is 5.82 Å². The molecule has 0 saturated heterocycles. The van der Waals surface area contributed by atoms with Gasteiger partial charge in [-0.1, -0.05) is 28.1 Å². The van der Waals surface area contributed by atoms with Crippen molar-refractivity contribution in [1.29, 1.82) is 0 Å². The van der Waals surface area contributed by atoms with E-state index in [2.05, 4.69) is 48.4 Å². The molecule has 6 heteroatoms. The minimum Gasteiger partial charge on any atom is -0.366 e. The first-order valence-electron chi connectivity index (χ1n) is 6.53. The Labute approximate surface area is 131 Å². The predicted molar refractivity (Wildman–Crippen MR) is 85.4 cm³/mol. The van der Waals surface area contributed by atoms with Gasteiger partial charge in [0.05, 0.1) is 6.20 Å². The van der Waals surface area contributed by atoms with Gasteiger partial charge >= 0.3 is 0 Å². The van der Waals surface area contributed by atoms with Crippen LogP contribution in [0.3, 0.4) is 0 Å². The zero-order chi connectivity index (χ0) is 14.7. The van der Waals surface area contributed by atoms with Crippen LogP contribution in [0.15, 0.2) is 53.5 Å². The molecule has 106 valence electrons. The van der Waals surface area contributed by atoms with Gasteiger partial charge in [0.2, 0.25) is 0 Å². The topological polar surface area (TPSA) is 55.6 Å². The van der Waals surface area contributed by atoms with E-state index in [9.17, 15) is 0 Å². The number of hydrogen-bond acceptors (Lipinski definition) is 4. The highest BCUT2D eigenvalue weighted by molar-refractivity contribution is 9.10. The zero-order valence-electron chi connectivity index (χ0n) is 11.5. The number of nitrogens with one attached hydrogen (secondary N) is 1. The molecule has 0 spiro atoms. The first-order chi connectivity index (χ1) is 10.2. The lowest BCUT2D eigenvalue weighted by Crippen LogP contribution is -2.04. The smallest absolute Gasteiger partial charge is 0.158 e. The number of aryl methyl sites for hydroxylation is 1. The van der Waals surface area contributed by atoms with Gasteiger partial charge in [-0.25, -0.2) is 14.6 Å². The van der Waals surface area contributed by atoms with Crippen molar-refractivity contribution in [3.8, 4) is 5.82 Å². The monoisotopic (exact) mass is 343 g/mol. The van der Waals surface area contributed by atoms with Gasteiger partial charge in [0.1, 0.15) is 12.1 Å². The number of rotatable bonds is 4. The van der Waals surface area contributed by atoms with Gasteiger partial charge < -0.3 is 5.32 Å². The summed E-state index contributed by atoms with van der Waals surface area (Å²) in [6.07, 6.45) is 5.27. The molecule has 2 heterocycles. The van der Waals surface area contributed by atoms with Crippen LogP contribution in [0.5, 0.6) is 0 Å². The summed E-state index contributed by atoms with van der Waals surface area (Å²) in [5.74, 6) is 1.52. The van der Waals surface area contributed by atoms with Gasteiger partial charge in [0.25, 0.3) is 0 Å². The van der Waals surface area contributed by atoms with Crippen LogP contribution in [0.1, 0.15) is 11.1 Å². The van der Waals surface area contributed by atoms with Crippen LogP contribution in [0.2, 0.25) is 0 Å². The average Bonchev–Trinajstić information content (AvgIpc) is 2.94. The highest BCUT2D eigenvalue weighted by Crippen LogP contribution is 2.13. The van der Waals surface area contributed by atoms with Gasteiger partial charge in [0.15, 0.2) is 5.82 Å². The van der Waals surface area contributed by atoms with E-state index in [1.807, 2.05) is 31.3 Å². The molecule has 3 aromatic rings. The standard InChI is InChI=1S/C15H14BrN5/c1-11-7-20-21(9-11)15-6-14(18-10-19-15)17-8-12-2-4-13(16)5-3-12/h2-7,9-10H,8H2,1H3,(H,17,18,19). The number of nitrogens with zero attached hydrogens (tertiary/aromatic N) is 4. The molecule has 0 aliphatic heterocycles. The molecule has 1 aromatic carbocycles. The van der Waals surface area contributed by atoms with Crippen molar-refractivity contribution >= 4 is 21.7 Å². The lowest BCUT2D eigenvalue weighted by atomic mass is 10.2. The molecule has 0 fully saturated rings. The quantitative estimate of drug-likeness (QED) is 0.789. The SMILES string of the molecule is Cc1cnn(-c2cc(NCc3ccc(Br)cc3)ncn2)c1. The Kier molecular flexibility index (Phi) is 3.96. The summed E-state index contributed by atoms with van der Waals surface area (Å²) >= 11 is 3.43. The zero-order valence-corrected chi connectivity index (χ0v) is 13.1. The summed E-state index contributed by atoms with van der Waals surface area (Å²) in [5.41, 5.74) is 2.28. The molecule has 0 unspecified atom stereocenters. The summed E-state index contributed by atoms with van der Waals surface area (Å²) in [5, 5.41) is 7.54. The Morgan fingerprint density at radius 3 is 2.71 bits per heavy atom. The fourth-order valence-corrected chi connectivity index (χ4v) is 2.17. The van der Waals surface area contributed by atoms with E-state index < -0.39 is 0 Å². The fraction of sp³-hybridized carbons (Fsp3) is 0.133. The largest absolute Gasteiger partial charge is 0.366 e. The Bertz CT molecular complexity index is 736. The average molecular weight is 344 g/mol. The molecule has 0 bridgehead atoms. The molecule has 0 aliphatic carbocycles. The number of hydrogen-bond donors (Lipinski definition) is 1. The van der Waals surface area contributed by atoms with E-state index in [0.29, 0.717) is 6.54 Å². The molecule has 5 nitrogen and oxygen atoms in total. The maximum absolute atomic E-state index is 4.25. The summed E-state index contributed by atoms with van der Waals surface area (Å²) < 4.78 is 2.81. The van der Waals surface area contributed by atoms with E-state index in [-0.39, 0.29) is 0 Å². The molecule has 21 heavy (non-hydrogen) atoms. The van der Waals surface area contributed by atoms with E-state index in [4.69, 9.17) is 0 Å². The van der Waals surface area contributed by atoms with Crippen LogP contribution >= 0.6 is 15.9 Å². The normalized spacial score (nSPS) is 10.6. The Morgan fingerprint density at radius 2 is 2.00 bits per heavy atom. The maximum atomic E-state index is 4.25. The third-order valence-electron chi connectivity index (χ3n) is 2.99. The second-order valence-electron chi connectivity index (χ2n) is 4.70. The van der Waals surface area contributed by atoms with Crippen molar-refractivity contribution < 1.29 is 0 Å². The third kappa shape index (κ3) is 3.46. The fourth-order valence-electron chi connectivity index (χ4n) is 1.90. The number of benzene rings is 1. The molecule has 0 aliphatic rings. The second kappa shape index (κ2) is 6.05. The molecule has 2 aromatic heterocycles. The first kappa shape index (κ1) is 13.8. The Hall–Kier alpha value is -2.21. The van der Waals surface area contributed by atoms with E-state index in [1.165, 1.54) is 11.9 Å². The molecule has 1 N–H and O–H groups in total. The van der Waals surface area contributed by atoms with Crippen molar-refractivity contribution in [1.82, 2.24) is 19.7 Å². The molecule has 0 atom stereocenters. The van der Waals surface area contributed by atoms with Gasteiger partial charge in [-0.15, -0.1) is 0 Å². The van der Waals surface area contributed by atoms with Crippen LogP contribution in [0, 0.1) is 6.92 Å². The van der Waals surface area contributed by atoms with Crippen molar-refractivity contribution in [3.05, 3.63) is 64.7 Å². The van der Waals surface area contributed by atoms with Gasteiger partial charge in [-0.2, -0.15) is 5.10 Å². The molecule has 0 saturated carbocycles. The number of halogens is 1. The highest BCUT2D eigenvalue weighted by atomic mass is 79.9. The lowest BCUT2D eigenvalue weighted by molar-refractivity contribution is 0.838. The summed E-state index contributed by atoms with van der Waals surface area (Å²) in [6, 6.07) is 10.1. The predicted octanol–water partition coefficient (Wildman–Crippen LogP) is 3.35. The number of aromatic nitrogens is 4. The molecular weight excluding hydrogens is 330 g/mol. The summed E-state index contributed by atoms with van der Waals surface area (Å²) in [4.78, 5) is 8.46. The molecule has 0 amide bonds. The minimum atomic E-state index is 0.710.